The van der Waals surface area contributed by atoms with Crippen molar-refractivity contribution < 1.29 is 4.42 Å². The Bertz CT molecular complexity index is 595. The van der Waals surface area contributed by atoms with Crippen molar-refractivity contribution in [3.63, 3.8) is 0 Å². The monoisotopic (exact) mass is 274 g/mol. The third-order valence-corrected chi connectivity index (χ3v) is 4.02. The first-order valence-corrected chi connectivity index (χ1v) is 7.17. The average Bonchev–Trinajstić information content (AvgIpc) is 2.99. The lowest BCUT2D eigenvalue weighted by molar-refractivity contribution is 0.478. The average molecular weight is 274 g/mol. The number of aromatic nitrogens is 3. The minimum atomic E-state index is -0.133. The molecule has 0 aromatic carbocycles. The summed E-state index contributed by atoms with van der Waals surface area (Å²) in [6.07, 6.45) is 4.02. The van der Waals surface area contributed by atoms with E-state index >= 15 is 0 Å². The predicted molar refractivity (Wildman–Crippen MR) is 70.7 cm³/mol. The molecule has 5 nitrogen and oxygen atoms in total. The van der Waals surface area contributed by atoms with Gasteiger partial charge in [0.15, 0.2) is 5.16 Å². The molecule has 0 unspecified atom stereocenters. The predicted octanol–water partition coefficient (Wildman–Crippen LogP) is 2.80. The van der Waals surface area contributed by atoms with E-state index in [-0.39, 0.29) is 5.25 Å². The second-order valence-electron chi connectivity index (χ2n) is 4.67. The van der Waals surface area contributed by atoms with Crippen molar-refractivity contribution in [3.05, 3.63) is 30.0 Å². The van der Waals surface area contributed by atoms with Gasteiger partial charge in [0.1, 0.15) is 11.6 Å². The lowest BCUT2D eigenvalue weighted by atomic mass is 10.3. The molecule has 1 atom stereocenters. The summed E-state index contributed by atoms with van der Waals surface area (Å²) in [6, 6.07) is 6.03. The summed E-state index contributed by atoms with van der Waals surface area (Å²) in [5.41, 5.74) is 0. The summed E-state index contributed by atoms with van der Waals surface area (Å²) in [7, 11) is 0. The Morgan fingerprint density at radius 2 is 2.42 bits per heavy atom. The van der Waals surface area contributed by atoms with Crippen LogP contribution in [0.15, 0.2) is 28.0 Å². The van der Waals surface area contributed by atoms with Crippen LogP contribution in [0.4, 0.5) is 0 Å². The number of hydrogen-bond acceptors (Lipinski definition) is 5. The van der Waals surface area contributed by atoms with Crippen molar-refractivity contribution in [3.8, 4) is 6.07 Å². The molecule has 1 aliphatic rings. The third kappa shape index (κ3) is 2.66. The molecule has 19 heavy (non-hydrogen) atoms. The Morgan fingerprint density at radius 1 is 1.58 bits per heavy atom. The summed E-state index contributed by atoms with van der Waals surface area (Å²) in [6.45, 7) is 2.50. The molecule has 1 fully saturated rings. The van der Waals surface area contributed by atoms with Gasteiger partial charge in [0.05, 0.1) is 24.1 Å². The number of rotatable bonds is 5. The van der Waals surface area contributed by atoms with Crippen molar-refractivity contribution in [1.29, 1.82) is 5.26 Å². The van der Waals surface area contributed by atoms with Crippen molar-refractivity contribution in [2.24, 2.45) is 0 Å². The van der Waals surface area contributed by atoms with Crippen molar-refractivity contribution in [1.82, 2.24) is 14.8 Å². The van der Waals surface area contributed by atoms with E-state index in [1.54, 1.807) is 6.26 Å². The normalized spacial score (nSPS) is 16.2. The number of hydrogen-bond donors (Lipinski definition) is 0. The Balaban J connectivity index is 1.89. The van der Waals surface area contributed by atoms with E-state index in [2.05, 4.69) is 20.8 Å². The van der Waals surface area contributed by atoms with Crippen LogP contribution < -0.4 is 0 Å². The van der Waals surface area contributed by atoms with Gasteiger partial charge in [-0.1, -0.05) is 11.8 Å². The van der Waals surface area contributed by atoms with E-state index in [0.29, 0.717) is 12.5 Å². The summed E-state index contributed by atoms with van der Waals surface area (Å²) in [5, 5.41) is 18.1. The molecule has 0 saturated heterocycles. The van der Waals surface area contributed by atoms with Crippen LogP contribution in [-0.2, 0) is 6.54 Å². The van der Waals surface area contributed by atoms with Crippen LogP contribution in [0.1, 0.15) is 37.3 Å². The lowest BCUT2D eigenvalue weighted by Gasteiger charge is -2.08. The Labute approximate surface area is 115 Å². The molecule has 2 aromatic rings. The van der Waals surface area contributed by atoms with E-state index < -0.39 is 0 Å². The fourth-order valence-electron chi connectivity index (χ4n) is 1.92. The topological polar surface area (TPSA) is 67.6 Å². The second kappa shape index (κ2) is 5.10. The van der Waals surface area contributed by atoms with E-state index in [4.69, 9.17) is 9.68 Å². The van der Waals surface area contributed by atoms with Crippen molar-refractivity contribution in [2.45, 2.75) is 42.6 Å². The molecule has 98 valence electrons. The van der Waals surface area contributed by atoms with Gasteiger partial charge in [-0.05, 0) is 31.9 Å². The molecule has 0 spiro atoms. The maximum atomic E-state index is 8.93. The molecule has 1 saturated carbocycles. The highest BCUT2D eigenvalue weighted by molar-refractivity contribution is 8.00. The maximum absolute atomic E-state index is 8.93. The fraction of sp³-hybridized carbons (Fsp3) is 0.462. The smallest absolute Gasteiger partial charge is 0.192 e. The van der Waals surface area contributed by atoms with E-state index in [0.717, 1.165) is 16.7 Å². The van der Waals surface area contributed by atoms with Gasteiger partial charge in [-0.25, -0.2) is 0 Å². The highest BCUT2D eigenvalue weighted by Gasteiger charge is 2.31. The van der Waals surface area contributed by atoms with E-state index in [9.17, 15) is 0 Å². The van der Waals surface area contributed by atoms with Crippen molar-refractivity contribution >= 4 is 11.8 Å². The molecule has 1 aliphatic carbocycles. The minimum absolute atomic E-state index is 0.133. The van der Waals surface area contributed by atoms with E-state index in [1.165, 1.54) is 24.6 Å². The van der Waals surface area contributed by atoms with Crippen molar-refractivity contribution in [2.75, 3.05) is 0 Å². The van der Waals surface area contributed by atoms with Crippen LogP contribution in [-0.4, -0.2) is 20.0 Å². The number of nitrogens with zero attached hydrogens (tertiary/aromatic N) is 4. The van der Waals surface area contributed by atoms with Crippen LogP contribution in [0, 0.1) is 11.3 Å². The molecule has 0 amide bonds. The SMILES string of the molecule is C[C@H](C#N)Sc1nnc(C2CC2)n1Cc1ccco1. The summed E-state index contributed by atoms with van der Waals surface area (Å²) in [4.78, 5) is 0. The van der Waals surface area contributed by atoms with Gasteiger partial charge in [0, 0.05) is 5.92 Å². The lowest BCUT2D eigenvalue weighted by Crippen LogP contribution is -2.06. The molecule has 0 bridgehead atoms. The van der Waals surface area contributed by atoms with Crippen LogP contribution in [0.3, 0.4) is 0 Å². The molecule has 0 aliphatic heterocycles. The zero-order valence-corrected chi connectivity index (χ0v) is 11.4. The largest absolute Gasteiger partial charge is 0.467 e. The van der Waals surface area contributed by atoms with Gasteiger partial charge in [-0.15, -0.1) is 10.2 Å². The Hall–Kier alpha value is -1.74. The van der Waals surface area contributed by atoms with Gasteiger partial charge >= 0.3 is 0 Å². The van der Waals surface area contributed by atoms with Gasteiger partial charge in [0.2, 0.25) is 0 Å². The first-order chi connectivity index (χ1) is 9.28. The third-order valence-electron chi connectivity index (χ3n) is 3.05. The first kappa shape index (κ1) is 12.3. The van der Waals surface area contributed by atoms with Crippen LogP contribution >= 0.6 is 11.8 Å². The van der Waals surface area contributed by atoms with Gasteiger partial charge in [0.25, 0.3) is 0 Å². The number of nitriles is 1. The molecule has 2 aromatic heterocycles. The molecule has 2 heterocycles. The highest BCUT2D eigenvalue weighted by atomic mass is 32.2. The zero-order valence-electron chi connectivity index (χ0n) is 10.6. The number of thioether (sulfide) groups is 1. The second-order valence-corrected chi connectivity index (χ2v) is 5.98. The minimum Gasteiger partial charge on any atom is -0.467 e. The van der Waals surface area contributed by atoms with E-state index in [1.807, 2.05) is 19.1 Å². The summed E-state index contributed by atoms with van der Waals surface area (Å²) < 4.78 is 7.48. The molecular formula is C13H14N4OS. The quantitative estimate of drug-likeness (QED) is 0.784. The summed E-state index contributed by atoms with van der Waals surface area (Å²) in [5.74, 6) is 2.42. The number of furan rings is 1. The molecule has 0 radical (unpaired) electrons. The molecule has 6 heteroatoms. The fourth-order valence-corrected chi connectivity index (χ4v) is 2.66. The maximum Gasteiger partial charge on any atom is 0.192 e. The molecule has 0 N–H and O–H groups in total. The Morgan fingerprint density at radius 3 is 3.05 bits per heavy atom. The molecular weight excluding hydrogens is 260 g/mol. The van der Waals surface area contributed by atoms with Crippen LogP contribution in [0.2, 0.25) is 0 Å². The van der Waals surface area contributed by atoms with Gasteiger partial charge in [-0.3, -0.25) is 4.57 Å². The first-order valence-electron chi connectivity index (χ1n) is 6.29. The van der Waals surface area contributed by atoms with Crippen LogP contribution in [0.5, 0.6) is 0 Å². The molecule has 3 rings (SSSR count). The zero-order chi connectivity index (χ0) is 13.2. The summed E-state index contributed by atoms with van der Waals surface area (Å²) >= 11 is 1.44. The van der Waals surface area contributed by atoms with Gasteiger partial charge in [-0.2, -0.15) is 5.26 Å². The standard InChI is InChI=1S/C13H14N4OS/c1-9(7-14)19-13-16-15-12(10-4-5-10)17(13)8-11-3-2-6-18-11/h2-3,6,9-10H,4-5,8H2,1H3/t9-/m1/s1. The highest BCUT2D eigenvalue weighted by Crippen LogP contribution is 2.40. The Kier molecular flexibility index (Phi) is 3.30. The van der Waals surface area contributed by atoms with Gasteiger partial charge < -0.3 is 4.42 Å². The van der Waals surface area contributed by atoms with Crippen LogP contribution in [0.25, 0.3) is 0 Å².